The van der Waals surface area contributed by atoms with Crippen LogP contribution in [-0.4, -0.2) is 52.1 Å². The molecule has 0 unspecified atom stereocenters. The Bertz CT molecular complexity index is 862. The lowest BCUT2D eigenvalue weighted by molar-refractivity contribution is -0.177. The van der Waals surface area contributed by atoms with Crippen molar-refractivity contribution in [2.75, 3.05) is 14.2 Å². The average Bonchev–Trinajstić information content (AvgIpc) is 3.38. The highest BCUT2D eigenvalue weighted by Crippen LogP contribution is 2.31. The Kier molecular flexibility index (Phi) is 5.36. The molecule has 3 rings (SSSR count). The van der Waals surface area contributed by atoms with Crippen LogP contribution in [0.4, 0.5) is 13.2 Å². The Morgan fingerprint density at radius 2 is 1.86 bits per heavy atom. The first-order valence-corrected chi connectivity index (χ1v) is 8.33. The molecule has 2 amide bonds. The zero-order valence-electron chi connectivity index (χ0n) is 15.1. The molecule has 0 bridgehead atoms. The minimum absolute atomic E-state index is 0.0204. The maximum atomic E-state index is 12.6. The fourth-order valence-electron chi connectivity index (χ4n) is 2.51. The minimum Gasteiger partial charge on any atom is -0.329 e. The largest absolute Gasteiger partial charge is 0.471 e. The van der Waals surface area contributed by atoms with Crippen molar-refractivity contribution in [2.45, 2.75) is 31.6 Å². The molecule has 0 radical (unpaired) electrons. The number of amides is 2. The molecule has 28 heavy (non-hydrogen) atoms. The fraction of sp³-hybridized carbons (Fsp3) is 0.412. The van der Waals surface area contributed by atoms with Gasteiger partial charge in [0.15, 0.2) is 0 Å². The van der Waals surface area contributed by atoms with Crippen LogP contribution in [0, 0.1) is 0 Å². The van der Waals surface area contributed by atoms with Gasteiger partial charge in [-0.15, -0.1) is 0 Å². The van der Waals surface area contributed by atoms with Crippen molar-refractivity contribution in [3.63, 3.8) is 0 Å². The van der Waals surface area contributed by atoms with Gasteiger partial charge in [-0.3, -0.25) is 14.4 Å². The van der Waals surface area contributed by atoms with Gasteiger partial charge in [0.2, 0.25) is 5.82 Å². The normalized spacial score (nSPS) is 14.0. The van der Waals surface area contributed by atoms with E-state index in [2.05, 4.69) is 14.7 Å². The smallest absolute Gasteiger partial charge is 0.329 e. The highest BCUT2D eigenvalue weighted by atomic mass is 19.4. The molecule has 1 heterocycles. The summed E-state index contributed by atoms with van der Waals surface area (Å²) in [6.45, 7) is 0.188. The quantitative estimate of drug-likeness (QED) is 0.567. The number of hydrogen-bond acceptors (Lipinski definition) is 6. The molecule has 0 N–H and O–H groups in total. The molecular weight excluding hydrogens is 381 g/mol. The summed E-state index contributed by atoms with van der Waals surface area (Å²) in [6, 6.07) is 6.30. The van der Waals surface area contributed by atoms with Crippen LogP contribution >= 0.6 is 0 Å². The number of alkyl halides is 3. The van der Waals surface area contributed by atoms with Gasteiger partial charge in [-0.25, -0.2) is 5.06 Å². The second kappa shape index (κ2) is 7.58. The Balaban J connectivity index is 1.73. The standard InChI is InChI=1S/C17H17F3N4O4/c1-23(27-2)14(25)15(26)24(12-7-8-12)9-10-3-5-11(6-4-10)13-21-16(28-22-13)17(18,19)20/h3-6,12H,7-9H2,1-2H3. The second-order valence-electron chi connectivity index (χ2n) is 6.27. The SMILES string of the molecule is CON(C)C(=O)C(=O)N(Cc1ccc(-c2noc(C(F)(F)F)n2)cc1)C1CC1. The molecule has 1 aliphatic carbocycles. The van der Waals surface area contributed by atoms with Gasteiger partial charge in [-0.2, -0.15) is 18.2 Å². The summed E-state index contributed by atoms with van der Waals surface area (Å²) in [6.07, 6.45) is -3.11. The van der Waals surface area contributed by atoms with Crippen molar-refractivity contribution in [1.29, 1.82) is 0 Å². The third-order valence-electron chi connectivity index (χ3n) is 4.22. The topological polar surface area (TPSA) is 88.8 Å². The number of likely N-dealkylation sites (N-methyl/N-ethyl adjacent to an activating group) is 1. The van der Waals surface area contributed by atoms with E-state index in [-0.39, 0.29) is 18.4 Å². The zero-order chi connectivity index (χ0) is 20.5. The maximum Gasteiger partial charge on any atom is 0.471 e. The fourth-order valence-corrected chi connectivity index (χ4v) is 2.51. The first kappa shape index (κ1) is 19.8. The first-order chi connectivity index (χ1) is 13.2. The summed E-state index contributed by atoms with van der Waals surface area (Å²) in [7, 11) is 2.63. The molecular formula is C17H17F3N4O4. The van der Waals surface area contributed by atoms with Gasteiger partial charge in [0.05, 0.1) is 7.11 Å². The highest BCUT2D eigenvalue weighted by molar-refractivity contribution is 6.34. The van der Waals surface area contributed by atoms with Gasteiger partial charge in [-0.1, -0.05) is 29.4 Å². The number of carbonyl (C=O) groups excluding carboxylic acids is 2. The Morgan fingerprint density at radius 3 is 2.36 bits per heavy atom. The van der Waals surface area contributed by atoms with Gasteiger partial charge in [0.1, 0.15) is 0 Å². The van der Waals surface area contributed by atoms with E-state index >= 15 is 0 Å². The van der Waals surface area contributed by atoms with Gasteiger partial charge < -0.3 is 9.42 Å². The Labute approximate surface area is 157 Å². The molecule has 0 spiro atoms. The molecule has 1 aromatic carbocycles. The number of rotatable bonds is 5. The van der Waals surface area contributed by atoms with Gasteiger partial charge >= 0.3 is 23.9 Å². The summed E-state index contributed by atoms with van der Waals surface area (Å²) in [4.78, 5) is 34.0. The Hall–Kier alpha value is -2.95. The predicted octanol–water partition coefficient (Wildman–Crippen LogP) is 2.27. The van der Waals surface area contributed by atoms with Crippen molar-refractivity contribution in [3.05, 3.63) is 35.7 Å². The van der Waals surface area contributed by atoms with Crippen molar-refractivity contribution in [1.82, 2.24) is 20.1 Å². The predicted molar refractivity (Wildman–Crippen MR) is 88.1 cm³/mol. The van der Waals surface area contributed by atoms with Crippen LogP contribution in [-0.2, 0) is 27.1 Å². The van der Waals surface area contributed by atoms with E-state index in [0.29, 0.717) is 11.1 Å². The van der Waals surface area contributed by atoms with Crippen molar-refractivity contribution in [3.8, 4) is 11.4 Å². The van der Waals surface area contributed by atoms with Crippen LogP contribution in [0.15, 0.2) is 28.8 Å². The van der Waals surface area contributed by atoms with E-state index in [1.807, 2.05) is 0 Å². The Morgan fingerprint density at radius 1 is 1.21 bits per heavy atom. The monoisotopic (exact) mass is 398 g/mol. The van der Waals surface area contributed by atoms with Gasteiger partial charge in [-0.05, 0) is 18.4 Å². The number of aromatic nitrogens is 2. The second-order valence-corrected chi connectivity index (χ2v) is 6.27. The van der Waals surface area contributed by atoms with Crippen LogP contribution in [0.5, 0.6) is 0 Å². The van der Waals surface area contributed by atoms with Crippen molar-refractivity contribution in [2.24, 2.45) is 0 Å². The number of carbonyl (C=O) groups is 2. The third kappa shape index (κ3) is 4.30. The molecule has 0 atom stereocenters. The van der Waals surface area contributed by atoms with Crippen LogP contribution in [0.2, 0.25) is 0 Å². The molecule has 150 valence electrons. The van der Waals surface area contributed by atoms with E-state index in [4.69, 9.17) is 4.84 Å². The van der Waals surface area contributed by atoms with Crippen LogP contribution in [0.3, 0.4) is 0 Å². The molecule has 0 saturated heterocycles. The van der Waals surface area contributed by atoms with Crippen molar-refractivity contribution < 1.29 is 32.1 Å². The van der Waals surface area contributed by atoms with E-state index in [9.17, 15) is 22.8 Å². The lowest BCUT2D eigenvalue weighted by Gasteiger charge is -2.24. The number of nitrogens with zero attached hydrogens (tertiary/aromatic N) is 4. The number of hydroxylamine groups is 2. The number of benzene rings is 1. The highest BCUT2D eigenvalue weighted by Gasteiger charge is 2.39. The lowest BCUT2D eigenvalue weighted by atomic mass is 10.1. The molecule has 1 saturated carbocycles. The van der Waals surface area contributed by atoms with E-state index in [1.165, 1.54) is 31.2 Å². The van der Waals surface area contributed by atoms with Crippen LogP contribution in [0.25, 0.3) is 11.4 Å². The molecule has 8 nitrogen and oxygen atoms in total. The van der Waals surface area contributed by atoms with E-state index < -0.39 is 23.9 Å². The van der Waals surface area contributed by atoms with Gasteiger partial charge in [0.25, 0.3) is 0 Å². The zero-order valence-corrected chi connectivity index (χ0v) is 15.1. The summed E-state index contributed by atoms with van der Waals surface area (Å²) in [5.74, 6) is -3.06. The molecule has 0 aliphatic heterocycles. The molecule has 1 aromatic heterocycles. The van der Waals surface area contributed by atoms with Crippen LogP contribution in [0.1, 0.15) is 24.3 Å². The minimum atomic E-state index is -4.71. The lowest BCUT2D eigenvalue weighted by Crippen LogP contribution is -2.44. The van der Waals surface area contributed by atoms with Crippen LogP contribution < -0.4 is 0 Å². The number of hydrogen-bond donors (Lipinski definition) is 0. The summed E-state index contributed by atoms with van der Waals surface area (Å²) in [5.41, 5.74) is 1.04. The number of halogens is 3. The average molecular weight is 398 g/mol. The van der Waals surface area contributed by atoms with Crippen molar-refractivity contribution >= 4 is 11.8 Å². The molecule has 2 aromatic rings. The molecule has 1 fully saturated rings. The first-order valence-electron chi connectivity index (χ1n) is 8.33. The maximum absolute atomic E-state index is 12.6. The molecule has 1 aliphatic rings. The van der Waals surface area contributed by atoms with Gasteiger partial charge in [0, 0.05) is 25.2 Å². The third-order valence-corrected chi connectivity index (χ3v) is 4.22. The summed E-state index contributed by atoms with van der Waals surface area (Å²) < 4.78 is 41.9. The van der Waals surface area contributed by atoms with E-state index in [0.717, 1.165) is 17.9 Å². The molecule has 11 heteroatoms. The summed E-state index contributed by atoms with van der Waals surface area (Å²) >= 11 is 0. The van der Waals surface area contributed by atoms with E-state index in [1.54, 1.807) is 12.1 Å². The summed E-state index contributed by atoms with van der Waals surface area (Å²) in [5, 5.41) is 4.18.